The van der Waals surface area contributed by atoms with Crippen LogP contribution in [0.4, 0.5) is 0 Å². The van der Waals surface area contributed by atoms with Crippen LogP contribution in [0.15, 0.2) is 46.9 Å². The van der Waals surface area contributed by atoms with Crippen molar-refractivity contribution in [1.29, 1.82) is 0 Å². The number of aromatic nitrogens is 1. The molecule has 4 rings (SSSR count). The van der Waals surface area contributed by atoms with Crippen LogP contribution in [-0.4, -0.2) is 35.2 Å². The Hall–Kier alpha value is -1.44. The molecule has 25 heavy (non-hydrogen) atoms. The predicted octanol–water partition coefficient (Wildman–Crippen LogP) is 4.71. The van der Waals surface area contributed by atoms with Gasteiger partial charge in [-0.25, -0.2) is 4.98 Å². The molecule has 3 aromatic rings. The largest absolute Gasteiger partial charge is 0.436 e. The zero-order valence-electron chi connectivity index (χ0n) is 14.4. The highest BCUT2D eigenvalue weighted by atomic mass is 127. The van der Waals surface area contributed by atoms with Crippen LogP contribution in [0.5, 0.6) is 0 Å². The Labute approximate surface area is 161 Å². The molecule has 0 aliphatic carbocycles. The second kappa shape index (κ2) is 7.05. The lowest BCUT2D eigenvalue weighted by molar-refractivity contribution is -0.0704. The average molecular weight is 448 g/mol. The normalized spacial score (nSPS) is 21.7. The highest BCUT2D eigenvalue weighted by Gasteiger charge is 2.22. The molecule has 1 aromatic heterocycles. The molecule has 2 heterocycles. The van der Waals surface area contributed by atoms with Crippen LogP contribution in [-0.2, 0) is 11.3 Å². The van der Waals surface area contributed by atoms with Gasteiger partial charge < -0.3 is 9.15 Å². The Balaban J connectivity index is 1.58. The molecule has 0 radical (unpaired) electrons. The summed E-state index contributed by atoms with van der Waals surface area (Å²) in [6.07, 6.45) is 0.568. The number of fused-ring (bicyclic) bond motifs is 1. The lowest BCUT2D eigenvalue weighted by atomic mass is 10.1. The number of nitrogens with zero attached hydrogens (tertiary/aromatic N) is 2. The summed E-state index contributed by atoms with van der Waals surface area (Å²) in [5, 5.41) is 0. The lowest BCUT2D eigenvalue weighted by Crippen LogP contribution is -2.44. The fourth-order valence-corrected chi connectivity index (χ4v) is 4.03. The highest BCUT2D eigenvalue weighted by molar-refractivity contribution is 14.1. The molecule has 130 valence electrons. The van der Waals surface area contributed by atoms with Crippen LogP contribution in [0.2, 0.25) is 0 Å². The molecule has 0 bridgehead atoms. The summed E-state index contributed by atoms with van der Waals surface area (Å²) >= 11 is 2.30. The Morgan fingerprint density at radius 3 is 2.68 bits per heavy atom. The summed E-state index contributed by atoms with van der Waals surface area (Å²) in [6.45, 7) is 7.12. The van der Waals surface area contributed by atoms with Gasteiger partial charge in [0.1, 0.15) is 5.52 Å². The molecule has 2 aromatic carbocycles. The van der Waals surface area contributed by atoms with Gasteiger partial charge in [-0.3, -0.25) is 4.90 Å². The van der Waals surface area contributed by atoms with E-state index in [9.17, 15) is 0 Å². The number of oxazole rings is 1. The van der Waals surface area contributed by atoms with Crippen molar-refractivity contribution in [3.8, 4) is 11.5 Å². The quantitative estimate of drug-likeness (QED) is 0.545. The van der Waals surface area contributed by atoms with Crippen molar-refractivity contribution in [1.82, 2.24) is 9.88 Å². The van der Waals surface area contributed by atoms with Crippen LogP contribution >= 0.6 is 22.6 Å². The summed E-state index contributed by atoms with van der Waals surface area (Å²) in [5.74, 6) is 0.680. The van der Waals surface area contributed by atoms with E-state index in [0.717, 1.165) is 36.3 Å². The zero-order valence-corrected chi connectivity index (χ0v) is 16.6. The molecule has 0 unspecified atom stereocenters. The highest BCUT2D eigenvalue weighted by Crippen LogP contribution is 2.26. The first-order chi connectivity index (χ1) is 12.1. The lowest BCUT2D eigenvalue weighted by Gasteiger charge is -2.35. The van der Waals surface area contributed by atoms with Gasteiger partial charge in [0, 0.05) is 28.8 Å². The topological polar surface area (TPSA) is 38.5 Å². The van der Waals surface area contributed by atoms with E-state index < -0.39 is 0 Å². The number of hydrogen-bond acceptors (Lipinski definition) is 4. The smallest absolute Gasteiger partial charge is 0.227 e. The van der Waals surface area contributed by atoms with Crippen molar-refractivity contribution < 1.29 is 9.15 Å². The van der Waals surface area contributed by atoms with Crippen molar-refractivity contribution in [3.63, 3.8) is 0 Å². The van der Waals surface area contributed by atoms with Crippen LogP contribution in [0.1, 0.15) is 19.4 Å². The minimum Gasteiger partial charge on any atom is -0.436 e. The van der Waals surface area contributed by atoms with Gasteiger partial charge in [0.2, 0.25) is 5.89 Å². The molecule has 1 saturated heterocycles. The maximum Gasteiger partial charge on any atom is 0.227 e. The molecule has 0 N–H and O–H groups in total. The van der Waals surface area contributed by atoms with E-state index in [0.29, 0.717) is 5.89 Å². The molecule has 4 nitrogen and oxygen atoms in total. The van der Waals surface area contributed by atoms with E-state index in [1.165, 1.54) is 9.13 Å². The minimum absolute atomic E-state index is 0.284. The van der Waals surface area contributed by atoms with Gasteiger partial charge in [-0.15, -0.1) is 0 Å². The van der Waals surface area contributed by atoms with Crippen molar-refractivity contribution in [2.75, 3.05) is 13.1 Å². The van der Waals surface area contributed by atoms with Gasteiger partial charge in [-0.1, -0.05) is 12.1 Å². The fourth-order valence-electron chi connectivity index (χ4n) is 3.49. The minimum atomic E-state index is 0.284. The predicted molar refractivity (Wildman–Crippen MR) is 107 cm³/mol. The third kappa shape index (κ3) is 3.88. The molecule has 1 aliphatic heterocycles. The van der Waals surface area contributed by atoms with Crippen LogP contribution < -0.4 is 0 Å². The van der Waals surface area contributed by atoms with E-state index in [4.69, 9.17) is 14.1 Å². The number of hydrogen-bond donors (Lipinski definition) is 0. The number of morpholine rings is 1. The maximum absolute atomic E-state index is 5.94. The Morgan fingerprint density at radius 2 is 1.92 bits per heavy atom. The SMILES string of the molecule is C[C@@H]1CN(Cc2ccc3oc(-c4cccc(I)c4)nc3c2)C[C@H](C)O1. The van der Waals surface area contributed by atoms with Gasteiger partial charge in [0.25, 0.3) is 0 Å². The monoisotopic (exact) mass is 448 g/mol. The van der Waals surface area contributed by atoms with Crippen molar-refractivity contribution >= 4 is 33.7 Å². The van der Waals surface area contributed by atoms with Crippen molar-refractivity contribution in [2.24, 2.45) is 0 Å². The van der Waals surface area contributed by atoms with Crippen LogP contribution in [0.25, 0.3) is 22.6 Å². The Morgan fingerprint density at radius 1 is 1.12 bits per heavy atom. The maximum atomic E-state index is 5.94. The molecule has 0 saturated carbocycles. The summed E-state index contributed by atoms with van der Waals surface area (Å²) in [5.41, 5.74) is 4.03. The summed E-state index contributed by atoms with van der Waals surface area (Å²) < 4.78 is 12.9. The number of ether oxygens (including phenoxy) is 1. The second-order valence-electron chi connectivity index (χ2n) is 6.78. The molecular weight excluding hydrogens is 427 g/mol. The van der Waals surface area contributed by atoms with E-state index in [1.54, 1.807) is 0 Å². The van der Waals surface area contributed by atoms with E-state index in [2.05, 4.69) is 65.6 Å². The third-order valence-electron chi connectivity index (χ3n) is 4.42. The molecule has 2 atom stereocenters. The number of benzene rings is 2. The second-order valence-corrected chi connectivity index (χ2v) is 8.03. The van der Waals surface area contributed by atoms with E-state index in [1.807, 2.05) is 18.2 Å². The van der Waals surface area contributed by atoms with Gasteiger partial charge >= 0.3 is 0 Å². The van der Waals surface area contributed by atoms with Crippen molar-refractivity contribution in [2.45, 2.75) is 32.6 Å². The van der Waals surface area contributed by atoms with E-state index in [-0.39, 0.29) is 12.2 Å². The Bertz CT molecular complexity index is 882. The van der Waals surface area contributed by atoms with Crippen molar-refractivity contribution in [3.05, 3.63) is 51.6 Å². The molecule has 1 fully saturated rings. The molecule has 5 heteroatoms. The molecule has 0 amide bonds. The standard InChI is InChI=1S/C20H21IN2O2/c1-13-10-23(11-14(2)24-13)12-15-6-7-19-18(8-15)22-20(25-19)16-4-3-5-17(21)9-16/h3-9,13-14H,10-12H2,1-2H3/t13-,14+. The first-order valence-electron chi connectivity index (χ1n) is 8.60. The molecule has 1 aliphatic rings. The first-order valence-corrected chi connectivity index (χ1v) is 9.68. The van der Waals surface area contributed by atoms with Crippen LogP contribution in [0, 0.1) is 3.57 Å². The average Bonchev–Trinajstić information content (AvgIpc) is 2.97. The Kier molecular flexibility index (Phi) is 4.80. The van der Waals surface area contributed by atoms with Gasteiger partial charge in [-0.05, 0) is 72.3 Å². The fraction of sp³-hybridized carbons (Fsp3) is 0.350. The van der Waals surface area contributed by atoms with Gasteiger partial charge in [0.15, 0.2) is 5.58 Å². The van der Waals surface area contributed by atoms with E-state index >= 15 is 0 Å². The number of rotatable bonds is 3. The number of halogens is 1. The molecular formula is C20H21IN2O2. The zero-order chi connectivity index (χ0) is 17.4. The summed E-state index contributed by atoms with van der Waals surface area (Å²) in [6, 6.07) is 14.5. The first kappa shape index (κ1) is 17.0. The summed E-state index contributed by atoms with van der Waals surface area (Å²) in [7, 11) is 0. The summed E-state index contributed by atoms with van der Waals surface area (Å²) in [4.78, 5) is 7.14. The van der Waals surface area contributed by atoms with Gasteiger partial charge in [-0.2, -0.15) is 0 Å². The van der Waals surface area contributed by atoms with Crippen LogP contribution in [0.3, 0.4) is 0 Å². The third-order valence-corrected chi connectivity index (χ3v) is 5.10. The molecule has 0 spiro atoms. The van der Waals surface area contributed by atoms with Gasteiger partial charge in [0.05, 0.1) is 12.2 Å².